The van der Waals surface area contributed by atoms with Gasteiger partial charge in [0.15, 0.2) is 0 Å². The molecule has 2 aromatic rings. The zero-order valence-electron chi connectivity index (χ0n) is 9.40. The topological polar surface area (TPSA) is 43.8 Å². The van der Waals surface area contributed by atoms with Crippen LogP contribution in [0, 0.1) is 5.92 Å². The number of anilines is 1. The molecule has 1 aromatic heterocycles. The number of rotatable bonds is 2. The molecule has 1 atom stereocenters. The number of hydrogen-bond donors (Lipinski definition) is 1. The summed E-state index contributed by atoms with van der Waals surface area (Å²) in [7, 11) is 0. The summed E-state index contributed by atoms with van der Waals surface area (Å²) >= 11 is 5.50. The lowest BCUT2D eigenvalue weighted by Gasteiger charge is -2.11. The van der Waals surface area contributed by atoms with Crippen molar-refractivity contribution in [2.75, 3.05) is 17.2 Å². The van der Waals surface area contributed by atoms with Crippen molar-refractivity contribution in [3.05, 3.63) is 22.7 Å². The smallest absolute Gasteiger partial charge is 0.201 e. The van der Waals surface area contributed by atoms with Gasteiger partial charge in [-0.15, -0.1) is 0 Å². The first-order chi connectivity index (χ1) is 8.24. The van der Waals surface area contributed by atoms with Crippen molar-refractivity contribution in [3.63, 3.8) is 0 Å². The Kier molecular flexibility index (Phi) is 3.04. The number of aromatic nitrogens is 2. The Morgan fingerprint density at radius 1 is 1.53 bits per heavy atom. The number of imidazole rings is 1. The highest BCUT2D eigenvalue weighted by Gasteiger charge is 2.18. The molecule has 3 rings (SSSR count). The van der Waals surface area contributed by atoms with E-state index < -0.39 is 0 Å². The van der Waals surface area contributed by atoms with E-state index >= 15 is 0 Å². The van der Waals surface area contributed by atoms with Crippen LogP contribution in [0.5, 0.6) is 0 Å². The second-order valence-corrected chi connectivity index (χ2v) is 6.51. The van der Waals surface area contributed by atoms with Gasteiger partial charge in [0.05, 0.1) is 11.0 Å². The van der Waals surface area contributed by atoms with Gasteiger partial charge >= 0.3 is 0 Å². The summed E-state index contributed by atoms with van der Waals surface area (Å²) in [6.07, 6.45) is 1.29. The van der Waals surface area contributed by atoms with Gasteiger partial charge in [-0.05, 0) is 42.0 Å². The number of nitrogens with zero attached hydrogens (tertiary/aromatic N) is 2. The van der Waals surface area contributed by atoms with Gasteiger partial charge in [0.2, 0.25) is 5.95 Å². The molecule has 1 aromatic carbocycles. The van der Waals surface area contributed by atoms with E-state index in [0.717, 1.165) is 28.0 Å². The number of benzene rings is 1. The van der Waals surface area contributed by atoms with Crippen molar-refractivity contribution in [2.45, 2.75) is 13.0 Å². The Labute approximate surface area is 113 Å². The number of thioether (sulfide) groups is 1. The van der Waals surface area contributed by atoms with Crippen LogP contribution in [0.4, 0.5) is 5.95 Å². The van der Waals surface area contributed by atoms with E-state index in [0.29, 0.717) is 5.95 Å². The molecule has 3 nitrogen and oxygen atoms in total. The minimum Gasteiger partial charge on any atom is -0.369 e. The standard InChI is InChI=1S/C12H14BrN3S/c13-9-1-2-11-10(5-9)15-12(14)16(11)6-8-3-4-17-7-8/h1-2,5,8H,3-4,6-7H2,(H2,14,15). The van der Waals surface area contributed by atoms with Crippen molar-refractivity contribution < 1.29 is 0 Å². The van der Waals surface area contributed by atoms with Gasteiger partial charge in [0.1, 0.15) is 0 Å². The maximum absolute atomic E-state index is 6.01. The first kappa shape index (κ1) is 11.4. The maximum atomic E-state index is 6.01. The van der Waals surface area contributed by atoms with E-state index in [4.69, 9.17) is 5.73 Å². The van der Waals surface area contributed by atoms with Crippen LogP contribution in [0.3, 0.4) is 0 Å². The Hall–Kier alpha value is -0.680. The minimum absolute atomic E-state index is 0.634. The lowest BCUT2D eigenvalue weighted by Crippen LogP contribution is -2.12. The van der Waals surface area contributed by atoms with Crippen molar-refractivity contribution in [3.8, 4) is 0 Å². The molecule has 1 saturated heterocycles. The van der Waals surface area contributed by atoms with Gasteiger partial charge in [0.25, 0.3) is 0 Å². The average Bonchev–Trinajstić information content (AvgIpc) is 2.88. The summed E-state index contributed by atoms with van der Waals surface area (Å²) in [5.41, 5.74) is 8.13. The average molecular weight is 312 g/mol. The van der Waals surface area contributed by atoms with Crippen molar-refractivity contribution in [1.82, 2.24) is 9.55 Å². The maximum Gasteiger partial charge on any atom is 0.201 e. The van der Waals surface area contributed by atoms with Crippen LogP contribution in [0.2, 0.25) is 0 Å². The molecule has 0 radical (unpaired) electrons. The van der Waals surface area contributed by atoms with E-state index in [2.05, 4.69) is 31.5 Å². The van der Waals surface area contributed by atoms with Crippen LogP contribution in [0.15, 0.2) is 22.7 Å². The Morgan fingerprint density at radius 3 is 3.18 bits per heavy atom. The van der Waals surface area contributed by atoms with E-state index in [1.807, 2.05) is 23.9 Å². The molecule has 90 valence electrons. The van der Waals surface area contributed by atoms with Crippen molar-refractivity contribution in [2.24, 2.45) is 5.92 Å². The molecule has 0 bridgehead atoms. The molecule has 5 heteroatoms. The van der Waals surface area contributed by atoms with E-state index in [-0.39, 0.29) is 0 Å². The summed E-state index contributed by atoms with van der Waals surface area (Å²) in [5.74, 6) is 3.90. The van der Waals surface area contributed by atoms with Crippen LogP contribution in [-0.4, -0.2) is 21.1 Å². The molecule has 0 aliphatic carbocycles. The SMILES string of the molecule is Nc1nc2cc(Br)ccc2n1CC1CCSC1. The molecule has 2 N–H and O–H groups in total. The molecule has 0 saturated carbocycles. The highest BCUT2D eigenvalue weighted by atomic mass is 79.9. The molecular formula is C12H14BrN3S. The highest BCUT2D eigenvalue weighted by molar-refractivity contribution is 9.10. The van der Waals surface area contributed by atoms with Gasteiger partial charge in [-0.3, -0.25) is 0 Å². The highest BCUT2D eigenvalue weighted by Crippen LogP contribution is 2.28. The fourth-order valence-corrected chi connectivity index (χ4v) is 3.92. The molecule has 2 heterocycles. The number of nitrogen functional groups attached to an aromatic ring is 1. The lowest BCUT2D eigenvalue weighted by atomic mass is 10.1. The number of hydrogen-bond acceptors (Lipinski definition) is 3. The largest absolute Gasteiger partial charge is 0.369 e. The molecule has 1 aliphatic heterocycles. The minimum atomic E-state index is 0.634. The first-order valence-corrected chi connectivity index (χ1v) is 7.68. The Balaban J connectivity index is 1.99. The summed E-state index contributed by atoms with van der Waals surface area (Å²) in [6, 6.07) is 6.15. The predicted octanol–water partition coefficient (Wildman–Crippen LogP) is 3.13. The fourth-order valence-electron chi connectivity index (χ4n) is 2.30. The van der Waals surface area contributed by atoms with Gasteiger partial charge in [0, 0.05) is 11.0 Å². The molecule has 0 amide bonds. The van der Waals surface area contributed by atoms with Crippen molar-refractivity contribution >= 4 is 44.7 Å². The molecule has 1 unspecified atom stereocenters. The van der Waals surface area contributed by atoms with Crippen LogP contribution >= 0.6 is 27.7 Å². The number of fused-ring (bicyclic) bond motifs is 1. The Bertz CT molecular complexity index is 546. The van der Waals surface area contributed by atoms with Gasteiger partial charge in [-0.25, -0.2) is 4.98 Å². The van der Waals surface area contributed by atoms with E-state index in [1.54, 1.807) is 0 Å². The first-order valence-electron chi connectivity index (χ1n) is 5.73. The summed E-state index contributed by atoms with van der Waals surface area (Å²) in [4.78, 5) is 4.42. The quantitative estimate of drug-likeness (QED) is 0.926. The van der Waals surface area contributed by atoms with Gasteiger partial charge < -0.3 is 10.3 Å². The second-order valence-electron chi connectivity index (χ2n) is 4.44. The van der Waals surface area contributed by atoms with Crippen LogP contribution < -0.4 is 5.73 Å². The summed E-state index contributed by atoms with van der Waals surface area (Å²) < 4.78 is 3.20. The van der Waals surface area contributed by atoms with Crippen LogP contribution in [-0.2, 0) is 6.54 Å². The van der Waals surface area contributed by atoms with Crippen LogP contribution in [0.1, 0.15) is 6.42 Å². The van der Waals surface area contributed by atoms with E-state index in [1.165, 1.54) is 17.9 Å². The molecule has 1 aliphatic rings. The van der Waals surface area contributed by atoms with Gasteiger partial charge in [-0.1, -0.05) is 15.9 Å². The summed E-state index contributed by atoms with van der Waals surface area (Å²) in [5, 5.41) is 0. The molecule has 17 heavy (non-hydrogen) atoms. The molecule has 1 fully saturated rings. The van der Waals surface area contributed by atoms with Crippen LogP contribution in [0.25, 0.3) is 11.0 Å². The molecular weight excluding hydrogens is 298 g/mol. The summed E-state index contributed by atoms with van der Waals surface area (Å²) in [6.45, 7) is 0.997. The third kappa shape index (κ3) is 2.18. The zero-order valence-corrected chi connectivity index (χ0v) is 11.8. The molecule has 0 spiro atoms. The predicted molar refractivity (Wildman–Crippen MR) is 77.3 cm³/mol. The zero-order chi connectivity index (χ0) is 11.8. The van der Waals surface area contributed by atoms with Gasteiger partial charge in [-0.2, -0.15) is 11.8 Å². The second kappa shape index (κ2) is 4.53. The van der Waals surface area contributed by atoms with Crippen molar-refractivity contribution in [1.29, 1.82) is 0 Å². The third-order valence-corrected chi connectivity index (χ3v) is 4.93. The monoisotopic (exact) mass is 311 g/mol. The third-order valence-electron chi connectivity index (χ3n) is 3.20. The normalized spacial score (nSPS) is 20.2. The van der Waals surface area contributed by atoms with E-state index in [9.17, 15) is 0 Å². The Morgan fingerprint density at radius 2 is 2.41 bits per heavy atom. The number of nitrogens with two attached hydrogens (primary N) is 1. The lowest BCUT2D eigenvalue weighted by molar-refractivity contribution is 0.505. The fraction of sp³-hybridized carbons (Fsp3) is 0.417. The number of halogens is 1.